The van der Waals surface area contributed by atoms with Gasteiger partial charge in [-0.1, -0.05) is 0 Å². The molecule has 0 saturated carbocycles. The highest BCUT2D eigenvalue weighted by atomic mass is 16.7. The molecular weight excluding hydrogens is 134 g/mol. The predicted molar refractivity (Wildman–Crippen MR) is 34.4 cm³/mol. The van der Waals surface area contributed by atoms with Crippen molar-refractivity contribution < 1.29 is 14.3 Å². The van der Waals surface area contributed by atoms with E-state index in [4.69, 9.17) is 4.74 Å². The van der Waals surface area contributed by atoms with Gasteiger partial charge in [0.05, 0.1) is 0 Å². The Morgan fingerprint density at radius 3 is 3.10 bits per heavy atom. The quantitative estimate of drug-likeness (QED) is 0.544. The summed E-state index contributed by atoms with van der Waals surface area (Å²) >= 11 is 0. The zero-order chi connectivity index (χ0) is 7.40. The molecule has 0 aromatic rings. The molecule has 0 aromatic heterocycles. The number of carbonyl (C=O) groups is 1. The van der Waals surface area contributed by atoms with Crippen LogP contribution in [0.1, 0.15) is 6.42 Å². The molecule has 1 aliphatic heterocycles. The molecule has 4 nitrogen and oxygen atoms in total. The highest BCUT2D eigenvalue weighted by molar-refractivity contribution is 5.82. The first-order chi connectivity index (χ1) is 4.84. The van der Waals surface area contributed by atoms with Crippen molar-refractivity contribution in [1.82, 2.24) is 5.32 Å². The van der Waals surface area contributed by atoms with Gasteiger partial charge < -0.3 is 14.8 Å². The lowest BCUT2D eigenvalue weighted by Gasteiger charge is -2.06. The van der Waals surface area contributed by atoms with Crippen molar-refractivity contribution in [3.05, 3.63) is 0 Å². The lowest BCUT2D eigenvalue weighted by Crippen LogP contribution is -2.25. The molecule has 0 bridgehead atoms. The van der Waals surface area contributed by atoms with Crippen LogP contribution in [0, 0.1) is 0 Å². The van der Waals surface area contributed by atoms with Crippen molar-refractivity contribution in [3.8, 4) is 0 Å². The van der Waals surface area contributed by atoms with Crippen molar-refractivity contribution in [3.63, 3.8) is 0 Å². The van der Waals surface area contributed by atoms with E-state index in [1.54, 1.807) is 0 Å². The van der Waals surface area contributed by atoms with Crippen LogP contribution in [0.3, 0.4) is 0 Å². The summed E-state index contributed by atoms with van der Waals surface area (Å²) < 4.78 is 9.68. The normalized spacial score (nSPS) is 24.9. The summed E-state index contributed by atoms with van der Waals surface area (Å²) in [5.41, 5.74) is 0. The van der Waals surface area contributed by atoms with E-state index in [0.717, 1.165) is 6.42 Å². The van der Waals surface area contributed by atoms with E-state index < -0.39 is 0 Å². The third-order valence-corrected chi connectivity index (χ3v) is 1.39. The SMILES string of the molecule is COCO[C@H]1CCNC1=O. The fraction of sp³-hybridized carbons (Fsp3) is 0.833. The standard InChI is InChI=1S/C6H11NO3/c1-9-4-10-5-2-3-7-6(5)8/h5H,2-4H2,1H3,(H,7,8)/t5-/m0/s1. The summed E-state index contributed by atoms with van der Waals surface area (Å²) in [5.74, 6) is -0.0305. The molecular formula is C6H11NO3. The Morgan fingerprint density at radius 2 is 2.60 bits per heavy atom. The number of nitrogens with one attached hydrogen (secondary N) is 1. The van der Waals surface area contributed by atoms with Crippen LogP contribution in [-0.2, 0) is 14.3 Å². The fourth-order valence-corrected chi connectivity index (χ4v) is 0.881. The minimum absolute atomic E-state index is 0.0305. The second-order valence-electron chi connectivity index (χ2n) is 2.14. The van der Waals surface area contributed by atoms with Gasteiger partial charge in [0.2, 0.25) is 5.91 Å². The molecule has 0 unspecified atom stereocenters. The van der Waals surface area contributed by atoms with Gasteiger partial charge in [-0.2, -0.15) is 0 Å². The number of ether oxygens (including phenoxy) is 2. The van der Waals surface area contributed by atoms with Crippen molar-refractivity contribution in [2.75, 3.05) is 20.4 Å². The van der Waals surface area contributed by atoms with Crippen LogP contribution in [0.15, 0.2) is 0 Å². The zero-order valence-electron chi connectivity index (χ0n) is 5.92. The van der Waals surface area contributed by atoms with E-state index in [-0.39, 0.29) is 18.8 Å². The second kappa shape index (κ2) is 3.53. The highest BCUT2D eigenvalue weighted by Gasteiger charge is 2.24. The Morgan fingerprint density at radius 1 is 1.80 bits per heavy atom. The van der Waals surface area contributed by atoms with Gasteiger partial charge >= 0.3 is 0 Å². The van der Waals surface area contributed by atoms with Gasteiger partial charge in [-0.25, -0.2) is 0 Å². The molecule has 1 atom stereocenters. The molecule has 0 radical (unpaired) electrons. The van der Waals surface area contributed by atoms with Crippen molar-refractivity contribution >= 4 is 5.91 Å². The minimum Gasteiger partial charge on any atom is -0.359 e. The second-order valence-corrected chi connectivity index (χ2v) is 2.14. The Labute approximate surface area is 59.5 Å². The van der Waals surface area contributed by atoms with Crippen molar-refractivity contribution in [2.24, 2.45) is 0 Å². The maximum Gasteiger partial charge on any atom is 0.249 e. The number of rotatable bonds is 3. The van der Waals surface area contributed by atoms with Gasteiger partial charge in [-0.05, 0) is 0 Å². The number of methoxy groups -OCH3 is 1. The summed E-state index contributed by atoms with van der Waals surface area (Å²) in [6, 6.07) is 0. The summed E-state index contributed by atoms with van der Waals surface area (Å²) in [6.07, 6.45) is 0.460. The Hall–Kier alpha value is -0.610. The average Bonchev–Trinajstić information content (AvgIpc) is 2.31. The van der Waals surface area contributed by atoms with Gasteiger partial charge in [0.1, 0.15) is 12.9 Å². The molecule has 1 N–H and O–H groups in total. The molecule has 4 heteroatoms. The van der Waals surface area contributed by atoms with E-state index in [2.05, 4.69) is 10.1 Å². The molecule has 0 aliphatic carbocycles. The van der Waals surface area contributed by atoms with Crippen LogP contribution < -0.4 is 5.32 Å². The van der Waals surface area contributed by atoms with E-state index >= 15 is 0 Å². The van der Waals surface area contributed by atoms with Crippen LogP contribution in [0.4, 0.5) is 0 Å². The third-order valence-electron chi connectivity index (χ3n) is 1.39. The fourth-order valence-electron chi connectivity index (χ4n) is 0.881. The first-order valence-corrected chi connectivity index (χ1v) is 3.23. The monoisotopic (exact) mass is 145 g/mol. The maximum absolute atomic E-state index is 10.8. The van der Waals surface area contributed by atoms with E-state index in [0.29, 0.717) is 6.54 Å². The lowest BCUT2D eigenvalue weighted by atomic mass is 10.3. The smallest absolute Gasteiger partial charge is 0.249 e. The Kier molecular flexibility index (Phi) is 2.65. The topological polar surface area (TPSA) is 47.6 Å². The van der Waals surface area contributed by atoms with Gasteiger partial charge in [0.25, 0.3) is 0 Å². The molecule has 0 aromatic carbocycles. The molecule has 10 heavy (non-hydrogen) atoms. The number of hydrogen-bond acceptors (Lipinski definition) is 3. The summed E-state index contributed by atoms with van der Waals surface area (Å²) in [4.78, 5) is 10.8. The molecule has 1 aliphatic rings. The molecule has 1 rings (SSSR count). The molecule has 1 heterocycles. The summed E-state index contributed by atoms with van der Waals surface area (Å²) in [7, 11) is 1.53. The number of carbonyl (C=O) groups excluding carboxylic acids is 1. The molecule has 1 saturated heterocycles. The van der Waals surface area contributed by atoms with E-state index in [1.165, 1.54) is 7.11 Å². The van der Waals surface area contributed by atoms with E-state index in [1.807, 2.05) is 0 Å². The van der Waals surface area contributed by atoms with Gasteiger partial charge in [-0.15, -0.1) is 0 Å². The van der Waals surface area contributed by atoms with Crippen molar-refractivity contribution in [1.29, 1.82) is 0 Å². The minimum atomic E-state index is -0.292. The van der Waals surface area contributed by atoms with Crippen LogP contribution in [0.5, 0.6) is 0 Å². The van der Waals surface area contributed by atoms with E-state index in [9.17, 15) is 4.79 Å². The van der Waals surface area contributed by atoms with Gasteiger partial charge in [-0.3, -0.25) is 4.79 Å². The van der Waals surface area contributed by atoms with Crippen molar-refractivity contribution in [2.45, 2.75) is 12.5 Å². The highest BCUT2D eigenvalue weighted by Crippen LogP contribution is 2.03. The predicted octanol–water partition coefficient (Wildman–Crippen LogP) is -0.505. The van der Waals surface area contributed by atoms with Gasteiger partial charge in [0, 0.05) is 20.1 Å². The number of hydrogen-bond donors (Lipinski definition) is 1. The maximum atomic E-state index is 10.8. The van der Waals surface area contributed by atoms with Crippen LogP contribution >= 0.6 is 0 Å². The number of amides is 1. The largest absolute Gasteiger partial charge is 0.359 e. The Balaban J connectivity index is 2.20. The Bertz CT molecular complexity index is 126. The first-order valence-electron chi connectivity index (χ1n) is 3.23. The lowest BCUT2D eigenvalue weighted by molar-refractivity contribution is -0.137. The zero-order valence-corrected chi connectivity index (χ0v) is 5.92. The molecule has 1 fully saturated rings. The summed E-state index contributed by atoms with van der Waals surface area (Å²) in [6.45, 7) is 0.908. The van der Waals surface area contributed by atoms with Crippen LogP contribution in [0.2, 0.25) is 0 Å². The van der Waals surface area contributed by atoms with Crippen LogP contribution in [-0.4, -0.2) is 32.5 Å². The van der Waals surface area contributed by atoms with Gasteiger partial charge in [0.15, 0.2) is 0 Å². The first kappa shape index (κ1) is 7.50. The average molecular weight is 145 g/mol. The summed E-state index contributed by atoms with van der Waals surface area (Å²) in [5, 5.41) is 2.66. The molecule has 1 amide bonds. The van der Waals surface area contributed by atoms with Crippen LogP contribution in [0.25, 0.3) is 0 Å². The molecule has 0 spiro atoms. The third kappa shape index (κ3) is 1.68. The molecule has 58 valence electrons.